The van der Waals surface area contributed by atoms with Crippen molar-refractivity contribution in [3.05, 3.63) is 46.1 Å². The third-order valence-electron chi connectivity index (χ3n) is 5.04. The van der Waals surface area contributed by atoms with Crippen molar-refractivity contribution in [2.75, 3.05) is 31.1 Å². The van der Waals surface area contributed by atoms with E-state index in [1.54, 1.807) is 12.1 Å². The minimum Gasteiger partial charge on any atom is -0.363 e. The van der Waals surface area contributed by atoms with Crippen LogP contribution in [0.15, 0.2) is 28.8 Å². The van der Waals surface area contributed by atoms with Crippen LogP contribution in [0.3, 0.4) is 0 Å². The summed E-state index contributed by atoms with van der Waals surface area (Å²) in [7, 11) is 0. The van der Waals surface area contributed by atoms with Crippen molar-refractivity contribution in [3.8, 4) is 0 Å². The molecule has 0 radical (unpaired) electrons. The Balaban J connectivity index is 1.41. The maximum atomic E-state index is 11.2. The molecule has 0 N–H and O–H groups in total. The van der Waals surface area contributed by atoms with Gasteiger partial charge in [0.15, 0.2) is 5.82 Å². The molecule has 2 aliphatic rings. The molecule has 132 valence electrons. The Labute approximate surface area is 145 Å². The van der Waals surface area contributed by atoms with Crippen molar-refractivity contribution in [2.45, 2.75) is 31.7 Å². The average molecular weight is 343 g/mol. The molecule has 0 amide bonds. The molecule has 2 heterocycles. The van der Waals surface area contributed by atoms with Crippen LogP contribution in [0.4, 0.5) is 11.4 Å². The summed E-state index contributed by atoms with van der Waals surface area (Å²) < 4.78 is 5.44. The first-order valence-corrected chi connectivity index (χ1v) is 8.69. The molecule has 1 saturated carbocycles. The molecule has 1 aliphatic heterocycles. The largest absolute Gasteiger partial charge is 0.363 e. The average Bonchev–Trinajstić information content (AvgIpc) is 3.38. The van der Waals surface area contributed by atoms with E-state index in [1.165, 1.54) is 0 Å². The summed E-state index contributed by atoms with van der Waals surface area (Å²) in [6.45, 7) is 5.14. The number of hydrogen-bond acceptors (Lipinski definition) is 7. The highest BCUT2D eigenvalue weighted by atomic mass is 16.6. The number of piperazine rings is 1. The summed E-state index contributed by atoms with van der Waals surface area (Å²) in [5, 5.41) is 15.3. The minimum atomic E-state index is -0.317. The standard InChI is InChI=1S/C17H21N5O3/c1-12(17-18-16(19-25-17)13-6-7-13)20-8-10-21(11-9-20)14-4-2-3-5-15(14)22(23)24/h2-5,12-13H,6-11H2,1H3/t12-/m0/s1. The monoisotopic (exact) mass is 343 g/mol. The molecular formula is C17H21N5O3. The van der Waals surface area contributed by atoms with Crippen molar-refractivity contribution in [1.82, 2.24) is 15.0 Å². The lowest BCUT2D eigenvalue weighted by Gasteiger charge is -2.37. The summed E-state index contributed by atoms with van der Waals surface area (Å²) >= 11 is 0. The highest BCUT2D eigenvalue weighted by Gasteiger charge is 2.32. The zero-order chi connectivity index (χ0) is 17.4. The number of nitro benzene ring substituents is 1. The van der Waals surface area contributed by atoms with Gasteiger partial charge in [0.1, 0.15) is 5.69 Å². The summed E-state index contributed by atoms with van der Waals surface area (Å²) in [6.07, 6.45) is 2.31. The second kappa shape index (κ2) is 6.44. The van der Waals surface area contributed by atoms with Gasteiger partial charge in [-0.05, 0) is 25.8 Å². The van der Waals surface area contributed by atoms with E-state index >= 15 is 0 Å². The number of aromatic nitrogens is 2. The van der Waals surface area contributed by atoms with E-state index in [-0.39, 0.29) is 16.7 Å². The normalized spacial score (nSPS) is 19.8. The Bertz CT molecular complexity index is 765. The Hall–Kier alpha value is -2.48. The lowest BCUT2D eigenvalue weighted by atomic mass is 10.2. The zero-order valence-electron chi connectivity index (χ0n) is 14.2. The van der Waals surface area contributed by atoms with Crippen molar-refractivity contribution < 1.29 is 9.45 Å². The van der Waals surface area contributed by atoms with Gasteiger partial charge in [-0.25, -0.2) is 0 Å². The van der Waals surface area contributed by atoms with Crippen LogP contribution in [0.1, 0.15) is 43.4 Å². The Morgan fingerprint density at radius 3 is 2.64 bits per heavy atom. The van der Waals surface area contributed by atoms with Gasteiger partial charge < -0.3 is 9.42 Å². The van der Waals surface area contributed by atoms with Crippen LogP contribution < -0.4 is 4.90 Å². The summed E-state index contributed by atoms with van der Waals surface area (Å²) in [5.74, 6) is 1.99. The van der Waals surface area contributed by atoms with Crippen LogP contribution in [0.5, 0.6) is 0 Å². The smallest absolute Gasteiger partial charge is 0.292 e. The molecule has 0 bridgehead atoms. The number of benzene rings is 1. The van der Waals surface area contributed by atoms with Gasteiger partial charge in [-0.2, -0.15) is 4.98 Å². The van der Waals surface area contributed by atoms with Gasteiger partial charge in [-0.15, -0.1) is 0 Å². The number of hydrogen-bond donors (Lipinski definition) is 0. The Morgan fingerprint density at radius 1 is 1.24 bits per heavy atom. The van der Waals surface area contributed by atoms with E-state index in [1.807, 2.05) is 12.1 Å². The highest BCUT2D eigenvalue weighted by molar-refractivity contribution is 5.63. The number of nitro groups is 1. The molecule has 8 heteroatoms. The number of anilines is 1. The predicted molar refractivity (Wildman–Crippen MR) is 91.6 cm³/mol. The second-order valence-corrected chi connectivity index (χ2v) is 6.71. The molecule has 1 atom stereocenters. The first-order valence-electron chi connectivity index (χ1n) is 8.69. The second-order valence-electron chi connectivity index (χ2n) is 6.71. The summed E-state index contributed by atoms with van der Waals surface area (Å²) in [6, 6.07) is 6.98. The first kappa shape index (κ1) is 16.0. The molecule has 1 saturated heterocycles. The Morgan fingerprint density at radius 2 is 1.96 bits per heavy atom. The van der Waals surface area contributed by atoms with Crippen LogP contribution in [0, 0.1) is 10.1 Å². The van der Waals surface area contributed by atoms with E-state index in [9.17, 15) is 10.1 Å². The van der Waals surface area contributed by atoms with Gasteiger partial charge >= 0.3 is 0 Å². The fourth-order valence-electron chi connectivity index (χ4n) is 3.32. The van der Waals surface area contributed by atoms with Crippen molar-refractivity contribution in [3.63, 3.8) is 0 Å². The molecule has 2 aromatic rings. The quantitative estimate of drug-likeness (QED) is 0.609. The van der Waals surface area contributed by atoms with E-state index in [0.29, 0.717) is 17.5 Å². The maximum absolute atomic E-state index is 11.2. The fraction of sp³-hybridized carbons (Fsp3) is 0.529. The fourth-order valence-corrected chi connectivity index (χ4v) is 3.32. The van der Waals surface area contributed by atoms with Crippen molar-refractivity contribution in [2.24, 2.45) is 0 Å². The van der Waals surface area contributed by atoms with Gasteiger partial charge in [0.25, 0.3) is 5.69 Å². The minimum absolute atomic E-state index is 0.0629. The van der Waals surface area contributed by atoms with Gasteiger partial charge in [0.05, 0.1) is 11.0 Å². The van der Waals surface area contributed by atoms with Gasteiger partial charge in [-0.3, -0.25) is 15.0 Å². The molecule has 1 aromatic carbocycles. The Kier molecular flexibility index (Phi) is 4.12. The van der Waals surface area contributed by atoms with Crippen LogP contribution in [-0.4, -0.2) is 46.1 Å². The number of nitrogens with zero attached hydrogens (tertiary/aromatic N) is 5. The molecule has 8 nitrogen and oxygen atoms in total. The lowest BCUT2D eigenvalue weighted by molar-refractivity contribution is -0.384. The molecule has 0 spiro atoms. The van der Waals surface area contributed by atoms with Crippen LogP contribution in [0.2, 0.25) is 0 Å². The molecule has 2 fully saturated rings. The van der Waals surface area contributed by atoms with E-state index < -0.39 is 0 Å². The van der Waals surface area contributed by atoms with E-state index in [0.717, 1.165) is 44.8 Å². The first-order chi connectivity index (χ1) is 12.1. The van der Waals surface area contributed by atoms with Gasteiger partial charge in [0.2, 0.25) is 5.89 Å². The zero-order valence-corrected chi connectivity index (χ0v) is 14.2. The third-order valence-corrected chi connectivity index (χ3v) is 5.04. The lowest BCUT2D eigenvalue weighted by Crippen LogP contribution is -2.47. The highest BCUT2D eigenvalue weighted by Crippen LogP contribution is 2.38. The van der Waals surface area contributed by atoms with Crippen LogP contribution in [-0.2, 0) is 0 Å². The molecule has 4 rings (SSSR count). The number of rotatable bonds is 5. The molecule has 1 aliphatic carbocycles. The molecule has 25 heavy (non-hydrogen) atoms. The third kappa shape index (κ3) is 3.21. The number of para-hydroxylation sites is 2. The van der Waals surface area contributed by atoms with Crippen molar-refractivity contribution in [1.29, 1.82) is 0 Å². The van der Waals surface area contributed by atoms with E-state index in [2.05, 4.69) is 26.9 Å². The summed E-state index contributed by atoms with van der Waals surface area (Å²) in [4.78, 5) is 19.8. The van der Waals surface area contributed by atoms with Crippen LogP contribution >= 0.6 is 0 Å². The molecule has 0 unspecified atom stereocenters. The predicted octanol–water partition coefficient (Wildman–Crippen LogP) is 2.74. The van der Waals surface area contributed by atoms with Gasteiger partial charge in [-0.1, -0.05) is 17.3 Å². The SMILES string of the molecule is C[C@@H](c1nc(C2CC2)no1)N1CCN(c2ccccc2[N+](=O)[O-])CC1. The topological polar surface area (TPSA) is 88.5 Å². The van der Waals surface area contributed by atoms with Crippen LogP contribution in [0.25, 0.3) is 0 Å². The van der Waals surface area contributed by atoms with Gasteiger partial charge in [0, 0.05) is 38.2 Å². The summed E-state index contributed by atoms with van der Waals surface area (Å²) in [5.41, 5.74) is 0.851. The molecule has 1 aromatic heterocycles. The molecular weight excluding hydrogens is 322 g/mol. The van der Waals surface area contributed by atoms with Crippen molar-refractivity contribution >= 4 is 11.4 Å². The maximum Gasteiger partial charge on any atom is 0.292 e. The van der Waals surface area contributed by atoms with E-state index in [4.69, 9.17) is 4.52 Å².